The summed E-state index contributed by atoms with van der Waals surface area (Å²) in [4.78, 5) is 22.3. The molecule has 0 radical (unpaired) electrons. The average Bonchev–Trinajstić information content (AvgIpc) is 2.86. The number of carbonyl (C=O) groups excluding carboxylic acids is 1. The van der Waals surface area contributed by atoms with Crippen molar-refractivity contribution in [2.24, 2.45) is 0 Å². The van der Waals surface area contributed by atoms with Crippen LogP contribution in [0.25, 0.3) is 0 Å². The van der Waals surface area contributed by atoms with E-state index in [4.69, 9.17) is 19.3 Å². The maximum absolute atomic E-state index is 11.6. The fourth-order valence-corrected chi connectivity index (χ4v) is 1.61. The van der Waals surface area contributed by atoms with Crippen LogP contribution in [0, 0.1) is 0 Å². The van der Waals surface area contributed by atoms with Gasteiger partial charge in [-0.05, 0) is 12.1 Å². The summed E-state index contributed by atoms with van der Waals surface area (Å²) in [6.45, 7) is 0.0152. The van der Waals surface area contributed by atoms with Crippen LogP contribution in [-0.2, 0) is 9.53 Å². The van der Waals surface area contributed by atoms with E-state index in [1.807, 2.05) is 0 Å². The first-order valence-electron chi connectivity index (χ1n) is 5.80. The van der Waals surface area contributed by atoms with E-state index >= 15 is 0 Å². The Labute approximate surface area is 114 Å². The van der Waals surface area contributed by atoms with Crippen molar-refractivity contribution in [3.05, 3.63) is 18.2 Å². The van der Waals surface area contributed by atoms with Crippen molar-refractivity contribution in [1.29, 1.82) is 0 Å². The highest BCUT2D eigenvalue weighted by molar-refractivity contribution is 5.90. The second-order valence-corrected chi connectivity index (χ2v) is 3.97. The second kappa shape index (κ2) is 6.11. The molecule has 2 rings (SSSR count). The van der Waals surface area contributed by atoms with Gasteiger partial charge in [0.15, 0.2) is 17.6 Å². The van der Waals surface area contributed by atoms with Crippen molar-refractivity contribution < 1.29 is 28.9 Å². The quantitative estimate of drug-likeness (QED) is 0.731. The number of carboxylic acid groups (broad SMARTS) is 1. The summed E-state index contributed by atoms with van der Waals surface area (Å²) in [5, 5.41) is 13.7. The molecular weight excluding hydrogens is 268 g/mol. The molecule has 1 aliphatic heterocycles. The Morgan fingerprint density at radius 3 is 2.85 bits per heavy atom. The predicted octanol–water partition coefficient (Wildman–Crippen LogP) is 0.636. The normalized spacial score (nSPS) is 13.7. The number of rotatable bonds is 5. The molecule has 1 aromatic rings. The van der Waals surface area contributed by atoms with Crippen LogP contribution in [0.5, 0.6) is 11.5 Å². The van der Waals surface area contributed by atoms with Crippen LogP contribution in [0.2, 0.25) is 0 Å². The molecular formula is C12H14N2O6. The molecule has 0 spiro atoms. The van der Waals surface area contributed by atoms with Crippen molar-refractivity contribution in [2.45, 2.75) is 6.10 Å². The Kier molecular flexibility index (Phi) is 4.26. The molecule has 1 unspecified atom stereocenters. The van der Waals surface area contributed by atoms with Crippen molar-refractivity contribution in [1.82, 2.24) is 5.32 Å². The van der Waals surface area contributed by atoms with Crippen LogP contribution in [0.15, 0.2) is 18.2 Å². The zero-order valence-corrected chi connectivity index (χ0v) is 10.7. The number of ether oxygens (including phenoxy) is 3. The highest BCUT2D eigenvalue weighted by Crippen LogP contribution is 2.34. The highest BCUT2D eigenvalue weighted by atomic mass is 16.7. The number of carbonyl (C=O) groups is 2. The van der Waals surface area contributed by atoms with Gasteiger partial charge in [-0.15, -0.1) is 0 Å². The fourth-order valence-electron chi connectivity index (χ4n) is 1.61. The van der Waals surface area contributed by atoms with Gasteiger partial charge in [0.2, 0.25) is 6.79 Å². The average molecular weight is 282 g/mol. The van der Waals surface area contributed by atoms with Gasteiger partial charge in [-0.2, -0.15) is 0 Å². The number of nitrogens with one attached hydrogen (secondary N) is 2. The highest BCUT2D eigenvalue weighted by Gasteiger charge is 2.18. The molecule has 3 N–H and O–H groups in total. The second-order valence-electron chi connectivity index (χ2n) is 3.97. The Morgan fingerprint density at radius 2 is 2.15 bits per heavy atom. The summed E-state index contributed by atoms with van der Waals surface area (Å²) in [6.07, 6.45) is -1.09. The van der Waals surface area contributed by atoms with E-state index in [1.165, 1.54) is 7.11 Å². The molecule has 1 aromatic carbocycles. The Morgan fingerprint density at radius 1 is 1.40 bits per heavy atom. The Bertz CT molecular complexity index is 519. The lowest BCUT2D eigenvalue weighted by atomic mass is 10.3. The molecule has 0 saturated heterocycles. The topological polar surface area (TPSA) is 106 Å². The summed E-state index contributed by atoms with van der Waals surface area (Å²) in [5.74, 6) is 0.0141. The molecule has 1 atom stereocenters. The molecule has 0 aliphatic carbocycles. The third-order valence-corrected chi connectivity index (χ3v) is 2.64. The van der Waals surface area contributed by atoms with Crippen LogP contribution in [0.1, 0.15) is 0 Å². The Balaban J connectivity index is 1.87. The van der Waals surface area contributed by atoms with E-state index < -0.39 is 18.1 Å². The third kappa shape index (κ3) is 3.29. The first-order chi connectivity index (χ1) is 9.60. The maximum atomic E-state index is 11.6. The number of aliphatic carboxylic acids is 1. The number of hydrogen-bond acceptors (Lipinski definition) is 5. The van der Waals surface area contributed by atoms with Crippen LogP contribution < -0.4 is 20.1 Å². The first kappa shape index (κ1) is 13.9. The fraction of sp³-hybridized carbons (Fsp3) is 0.333. The summed E-state index contributed by atoms with van der Waals surface area (Å²) < 4.78 is 15.0. The van der Waals surface area contributed by atoms with Crippen molar-refractivity contribution in [3.63, 3.8) is 0 Å². The van der Waals surface area contributed by atoms with Crippen molar-refractivity contribution in [2.75, 3.05) is 25.8 Å². The van der Waals surface area contributed by atoms with Gasteiger partial charge in [0.05, 0.1) is 6.54 Å². The van der Waals surface area contributed by atoms with Gasteiger partial charge in [0, 0.05) is 18.9 Å². The molecule has 1 aliphatic rings. The summed E-state index contributed by atoms with van der Waals surface area (Å²) >= 11 is 0. The molecule has 2 amide bonds. The van der Waals surface area contributed by atoms with E-state index in [0.717, 1.165) is 0 Å². The van der Waals surface area contributed by atoms with Gasteiger partial charge in [0.25, 0.3) is 0 Å². The standard InChI is InChI=1S/C12H14N2O6/c1-18-10(11(15)16)5-13-12(17)14-7-2-3-8-9(4-7)20-6-19-8/h2-4,10H,5-6H2,1H3,(H,15,16)(H2,13,14,17). The Hall–Kier alpha value is -2.48. The van der Waals surface area contributed by atoms with E-state index in [2.05, 4.69) is 10.6 Å². The first-order valence-corrected chi connectivity index (χ1v) is 5.80. The van der Waals surface area contributed by atoms with Crippen molar-refractivity contribution in [3.8, 4) is 11.5 Å². The number of benzene rings is 1. The van der Waals surface area contributed by atoms with Crippen molar-refractivity contribution >= 4 is 17.7 Å². The van der Waals surface area contributed by atoms with Gasteiger partial charge >= 0.3 is 12.0 Å². The lowest BCUT2D eigenvalue weighted by molar-refractivity contribution is -0.147. The monoisotopic (exact) mass is 282 g/mol. The number of carboxylic acids is 1. The summed E-state index contributed by atoms with van der Waals surface area (Å²) in [5.41, 5.74) is 0.510. The largest absolute Gasteiger partial charge is 0.479 e. The number of anilines is 1. The summed E-state index contributed by atoms with van der Waals surface area (Å²) in [7, 11) is 1.26. The molecule has 1 heterocycles. The SMILES string of the molecule is COC(CNC(=O)Nc1ccc2c(c1)OCO2)C(=O)O. The minimum atomic E-state index is -1.14. The van der Waals surface area contributed by atoms with Gasteiger partial charge < -0.3 is 30.0 Å². The van der Waals surface area contributed by atoms with Crippen LogP contribution in [0.4, 0.5) is 10.5 Å². The van der Waals surface area contributed by atoms with Gasteiger partial charge in [-0.25, -0.2) is 9.59 Å². The lowest BCUT2D eigenvalue weighted by Crippen LogP contribution is -2.39. The molecule has 8 nitrogen and oxygen atoms in total. The number of hydrogen-bond donors (Lipinski definition) is 3. The molecule has 108 valence electrons. The molecule has 8 heteroatoms. The van der Waals surface area contributed by atoms with Gasteiger partial charge in [0.1, 0.15) is 0 Å². The molecule has 0 fully saturated rings. The van der Waals surface area contributed by atoms with Crippen LogP contribution in [0.3, 0.4) is 0 Å². The minimum Gasteiger partial charge on any atom is -0.479 e. The third-order valence-electron chi connectivity index (χ3n) is 2.64. The molecule has 0 aromatic heterocycles. The zero-order valence-electron chi connectivity index (χ0n) is 10.7. The number of amides is 2. The molecule has 20 heavy (non-hydrogen) atoms. The smallest absolute Gasteiger partial charge is 0.334 e. The maximum Gasteiger partial charge on any atom is 0.334 e. The molecule has 0 bridgehead atoms. The van der Waals surface area contributed by atoms with E-state index in [-0.39, 0.29) is 13.3 Å². The van der Waals surface area contributed by atoms with Gasteiger partial charge in [-0.3, -0.25) is 0 Å². The van der Waals surface area contributed by atoms with E-state index in [9.17, 15) is 9.59 Å². The van der Waals surface area contributed by atoms with E-state index in [0.29, 0.717) is 17.2 Å². The predicted molar refractivity (Wildman–Crippen MR) is 68.0 cm³/mol. The lowest BCUT2D eigenvalue weighted by Gasteiger charge is -2.12. The van der Waals surface area contributed by atoms with Crippen LogP contribution in [-0.4, -0.2) is 43.7 Å². The number of fused-ring (bicyclic) bond motifs is 1. The number of urea groups is 1. The summed E-state index contributed by atoms with van der Waals surface area (Å²) in [6, 6.07) is 4.41. The van der Waals surface area contributed by atoms with Gasteiger partial charge in [-0.1, -0.05) is 0 Å². The minimum absolute atomic E-state index is 0.137. The van der Waals surface area contributed by atoms with Crippen LogP contribution >= 0.6 is 0 Å². The number of methoxy groups -OCH3 is 1. The van der Waals surface area contributed by atoms with E-state index in [1.54, 1.807) is 18.2 Å². The zero-order chi connectivity index (χ0) is 14.5. The molecule has 0 saturated carbocycles.